The SMILES string of the molecule is CC(C(=O)NCC(c1ccccc1Cl)c1c[nH]c2ccccc12)n1c(=O)oc2ccccc21. The molecule has 7 heteroatoms. The average molecular weight is 460 g/mol. The van der Waals surface area contributed by atoms with E-state index in [2.05, 4.69) is 10.3 Å². The maximum Gasteiger partial charge on any atom is 0.420 e. The van der Waals surface area contributed by atoms with Crippen LogP contribution in [0.2, 0.25) is 5.02 Å². The lowest BCUT2D eigenvalue weighted by Crippen LogP contribution is -2.36. The van der Waals surface area contributed by atoms with Crippen LogP contribution in [0.15, 0.2) is 88.2 Å². The molecule has 5 rings (SSSR count). The zero-order valence-corrected chi connectivity index (χ0v) is 18.7. The molecule has 1 amide bonds. The molecule has 5 aromatic rings. The summed E-state index contributed by atoms with van der Waals surface area (Å²) in [6, 6.07) is 22.0. The second-order valence-electron chi connectivity index (χ2n) is 7.99. The fraction of sp³-hybridized carbons (Fsp3) is 0.154. The van der Waals surface area contributed by atoms with Gasteiger partial charge in [0.15, 0.2) is 5.58 Å². The highest BCUT2D eigenvalue weighted by atomic mass is 35.5. The zero-order valence-electron chi connectivity index (χ0n) is 17.9. The number of fused-ring (bicyclic) bond motifs is 2. The molecule has 0 aliphatic carbocycles. The van der Waals surface area contributed by atoms with Gasteiger partial charge in [0, 0.05) is 34.6 Å². The molecule has 0 radical (unpaired) electrons. The minimum atomic E-state index is -0.740. The van der Waals surface area contributed by atoms with Gasteiger partial charge in [0.25, 0.3) is 0 Å². The largest absolute Gasteiger partial charge is 0.420 e. The Balaban J connectivity index is 1.46. The molecule has 0 aliphatic heterocycles. The minimum Gasteiger partial charge on any atom is -0.408 e. The number of para-hydroxylation sites is 3. The molecule has 0 bridgehead atoms. The van der Waals surface area contributed by atoms with Crippen molar-refractivity contribution in [1.82, 2.24) is 14.9 Å². The van der Waals surface area contributed by atoms with Crippen LogP contribution < -0.4 is 11.1 Å². The molecule has 0 saturated carbocycles. The first kappa shape index (κ1) is 21.1. The van der Waals surface area contributed by atoms with E-state index in [0.717, 1.165) is 22.0 Å². The third-order valence-electron chi connectivity index (χ3n) is 6.04. The van der Waals surface area contributed by atoms with Crippen LogP contribution in [0.3, 0.4) is 0 Å². The van der Waals surface area contributed by atoms with Gasteiger partial charge in [-0.05, 0) is 42.3 Å². The topological polar surface area (TPSA) is 80.0 Å². The predicted octanol–water partition coefficient (Wildman–Crippen LogP) is 5.24. The molecule has 6 nitrogen and oxygen atoms in total. The number of aromatic nitrogens is 2. The number of benzene rings is 3. The van der Waals surface area contributed by atoms with Gasteiger partial charge in [-0.2, -0.15) is 0 Å². The normalized spacial score (nSPS) is 13.3. The number of carbonyl (C=O) groups is 1. The van der Waals surface area contributed by atoms with Crippen molar-refractivity contribution in [2.75, 3.05) is 6.54 Å². The number of nitrogens with zero attached hydrogens (tertiary/aromatic N) is 1. The van der Waals surface area contributed by atoms with Gasteiger partial charge in [0.05, 0.1) is 5.52 Å². The third-order valence-corrected chi connectivity index (χ3v) is 6.39. The van der Waals surface area contributed by atoms with Crippen LogP contribution in [0.4, 0.5) is 0 Å². The van der Waals surface area contributed by atoms with Gasteiger partial charge in [-0.3, -0.25) is 9.36 Å². The van der Waals surface area contributed by atoms with E-state index in [-0.39, 0.29) is 11.8 Å². The first-order chi connectivity index (χ1) is 16.0. The van der Waals surface area contributed by atoms with Crippen LogP contribution in [-0.4, -0.2) is 22.0 Å². The molecule has 0 aliphatic rings. The van der Waals surface area contributed by atoms with Crippen molar-refractivity contribution in [3.8, 4) is 0 Å². The van der Waals surface area contributed by atoms with Crippen molar-refractivity contribution in [3.63, 3.8) is 0 Å². The van der Waals surface area contributed by atoms with Crippen molar-refractivity contribution in [2.24, 2.45) is 0 Å². The number of hydrogen-bond acceptors (Lipinski definition) is 3. The molecule has 2 heterocycles. The number of amides is 1. The van der Waals surface area contributed by atoms with Crippen molar-refractivity contribution in [2.45, 2.75) is 18.9 Å². The maximum atomic E-state index is 13.1. The summed E-state index contributed by atoms with van der Waals surface area (Å²) < 4.78 is 6.67. The van der Waals surface area contributed by atoms with E-state index < -0.39 is 11.8 Å². The summed E-state index contributed by atoms with van der Waals surface area (Å²) in [7, 11) is 0. The first-order valence-corrected chi connectivity index (χ1v) is 11.1. The number of aromatic amines is 1. The smallest absolute Gasteiger partial charge is 0.408 e. The second-order valence-corrected chi connectivity index (χ2v) is 8.40. The number of rotatable bonds is 6. The van der Waals surface area contributed by atoms with E-state index in [1.807, 2.05) is 60.8 Å². The van der Waals surface area contributed by atoms with Crippen LogP contribution in [-0.2, 0) is 4.79 Å². The average Bonchev–Trinajstić information content (AvgIpc) is 3.40. The number of H-pyrrole nitrogens is 1. The van der Waals surface area contributed by atoms with Gasteiger partial charge in [-0.15, -0.1) is 0 Å². The summed E-state index contributed by atoms with van der Waals surface area (Å²) >= 11 is 6.55. The summed E-state index contributed by atoms with van der Waals surface area (Å²) in [4.78, 5) is 28.9. The molecule has 33 heavy (non-hydrogen) atoms. The van der Waals surface area contributed by atoms with Crippen LogP contribution in [0.5, 0.6) is 0 Å². The third kappa shape index (κ3) is 3.83. The van der Waals surface area contributed by atoms with Gasteiger partial charge in [0.2, 0.25) is 5.91 Å². The summed E-state index contributed by atoms with van der Waals surface area (Å²) in [6.07, 6.45) is 1.96. The predicted molar refractivity (Wildman–Crippen MR) is 130 cm³/mol. The minimum absolute atomic E-state index is 0.177. The van der Waals surface area contributed by atoms with Gasteiger partial charge in [0.1, 0.15) is 6.04 Å². The molecule has 2 atom stereocenters. The number of hydrogen-bond donors (Lipinski definition) is 2. The first-order valence-electron chi connectivity index (χ1n) is 10.7. The van der Waals surface area contributed by atoms with Crippen LogP contribution in [0.1, 0.15) is 30.0 Å². The van der Waals surface area contributed by atoms with Crippen LogP contribution in [0, 0.1) is 0 Å². The Kier molecular flexibility index (Phi) is 5.52. The number of halogens is 1. The molecule has 3 aromatic carbocycles. The Labute approximate surface area is 194 Å². The molecule has 166 valence electrons. The quantitative estimate of drug-likeness (QED) is 0.364. The summed E-state index contributed by atoms with van der Waals surface area (Å²) in [5.74, 6) is -1.01. The Hall–Kier alpha value is -3.77. The standard InChI is InChI=1S/C26H22ClN3O3/c1-16(30-23-12-6-7-13-24(23)33-26(30)32)25(31)29-15-19(17-8-2-4-10-21(17)27)20-14-28-22-11-5-3-9-18(20)22/h2-14,16,19,28H,15H2,1H3,(H,29,31). The monoisotopic (exact) mass is 459 g/mol. The molecular weight excluding hydrogens is 438 g/mol. The van der Waals surface area contributed by atoms with Crippen molar-refractivity contribution in [1.29, 1.82) is 0 Å². The summed E-state index contributed by atoms with van der Waals surface area (Å²) in [6.45, 7) is 2.01. The molecule has 0 fully saturated rings. The van der Waals surface area contributed by atoms with Crippen LogP contribution >= 0.6 is 11.6 Å². The molecule has 2 aromatic heterocycles. The van der Waals surface area contributed by atoms with E-state index in [4.69, 9.17) is 16.0 Å². The van der Waals surface area contributed by atoms with Gasteiger partial charge >= 0.3 is 5.76 Å². The lowest BCUT2D eigenvalue weighted by atomic mass is 9.90. The molecule has 0 spiro atoms. The van der Waals surface area contributed by atoms with Gasteiger partial charge in [-0.1, -0.05) is 60.1 Å². The molecule has 2 N–H and O–H groups in total. The fourth-order valence-corrected chi connectivity index (χ4v) is 4.61. The Morgan fingerprint density at radius 3 is 2.61 bits per heavy atom. The Morgan fingerprint density at radius 2 is 1.76 bits per heavy atom. The van der Waals surface area contributed by atoms with Crippen molar-refractivity contribution >= 4 is 39.5 Å². The number of nitrogens with one attached hydrogen (secondary N) is 2. The number of carbonyl (C=O) groups excluding carboxylic acids is 1. The lowest BCUT2D eigenvalue weighted by Gasteiger charge is -2.21. The van der Waals surface area contributed by atoms with E-state index in [1.54, 1.807) is 25.1 Å². The van der Waals surface area contributed by atoms with Gasteiger partial charge in [-0.25, -0.2) is 4.79 Å². The van der Waals surface area contributed by atoms with E-state index in [1.165, 1.54) is 4.57 Å². The van der Waals surface area contributed by atoms with E-state index in [0.29, 0.717) is 22.7 Å². The van der Waals surface area contributed by atoms with Crippen LogP contribution in [0.25, 0.3) is 22.0 Å². The zero-order chi connectivity index (χ0) is 22.9. The second kappa shape index (κ2) is 8.64. The molecule has 2 unspecified atom stereocenters. The Bertz CT molecular complexity index is 1510. The van der Waals surface area contributed by atoms with E-state index >= 15 is 0 Å². The van der Waals surface area contributed by atoms with Gasteiger partial charge < -0.3 is 14.7 Å². The lowest BCUT2D eigenvalue weighted by molar-refractivity contribution is -0.123. The maximum absolute atomic E-state index is 13.1. The highest BCUT2D eigenvalue weighted by Gasteiger charge is 2.25. The van der Waals surface area contributed by atoms with Crippen molar-refractivity contribution in [3.05, 3.63) is 106 Å². The highest BCUT2D eigenvalue weighted by Crippen LogP contribution is 2.34. The highest BCUT2D eigenvalue weighted by molar-refractivity contribution is 6.31. The summed E-state index contributed by atoms with van der Waals surface area (Å²) in [5.41, 5.74) is 4.01. The molecule has 0 saturated heterocycles. The van der Waals surface area contributed by atoms with Crippen molar-refractivity contribution < 1.29 is 9.21 Å². The van der Waals surface area contributed by atoms with E-state index in [9.17, 15) is 9.59 Å². The molecular formula is C26H22ClN3O3. The summed E-state index contributed by atoms with van der Waals surface area (Å²) in [5, 5.41) is 4.73. The fourth-order valence-electron chi connectivity index (χ4n) is 4.35. The number of oxazole rings is 1. The Morgan fingerprint density at radius 1 is 1.03 bits per heavy atom.